The van der Waals surface area contributed by atoms with Crippen molar-refractivity contribution in [3.05, 3.63) is 60.2 Å². The van der Waals surface area contributed by atoms with Crippen LogP contribution in [0.3, 0.4) is 0 Å². The Balaban J connectivity index is 1.84. The van der Waals surface area contributed by atoms with Crippen molar-refractivity contribution >= 4 is 5.78 Å². The van der Waals surface area contributed by atoms with E-state index in [-0.39, 0.29) is 5.78 Å². The van der Waals surface area contributed by atoms with Crippen LogP contribution in [0, 0.1) is 0 Å². The van der Waals surface area contributed by atoms with Gasteiger partial charge in [0, 0.05) is 12.0 Å². The van der Waals surface area contributed by atoms with Crippen LogP contribution in [0.1, 0.15) is 16.8 Å². The number of rotatable bonds is 6. The van der Waals surface area contributed by atoms with E-state index < -0.39 is 0 Å². The predicted molar refractivity (Wildman–Crippen MR) is 73.9 cm³/mol. The van der Waals surface area contributed by atoms with Crippen LogP contribution in [0.5, 0.6) is 11.5 Å². The summed E-state index contributed by atoms with van der Waals surface area (Å²) in [5, 5.41) is 0. The molecule has 3 heteroatoms. The topological polar surface area (TPSA) is 35.5 Å². The molecule has 0 unspecified atom stereocenters. The summed E-state index contributed by atoms with van der Waals surface area (Å²) in [7, 11) is 1.60. The van der Waals surface area contributed by atoms with Crippen molar-refractivity contribution in [2.45, 2.75) is 6.42 Å². The highest BCUT2D eigenvalue weighted by Gasteiger charge is 2.06. The summed E-state index contributed by atoms with van der Waals surface area (Å²) in [6, 6.07) is 16.6. The van der Waals surface area contributed by atoms with E-state index in [2.05, 4.69) is 0 Å². The summed E-state index contributed by atoms with van der Waals surface area (Å²) in [6.45, 7) is 0.384. The molecule has 0 aliphatic rings. The van der Waals surface area contributed by atoms with Crippen LogP contribution in [0.15, 0.2) is 54.6 Å². The fourth-order valence-corrected chi connectivity index (χ4v) is 1.70. The van der Waals surface area contributed by atoms with E-state index in [9.17, 15) is 4.79 Å². The standard InChI is InChI=1S/C16H16O3/c1-18-14-9-7-13(8-10-14)16(17)11-12-19-15-5-3-2-4-6-15/h2-10H,11-12H2,1H3. The molecule has 0 aliphatic heterocycles. The summed E-state index contributed by atoms with van der Waals surface area (Å²) in [5.74, 6) is 1.60. The molecule has 0 saturated carbocycles. The van der Waals surface area contributed by atoms with Gasteiger partial charge in [0.15, 0.2) is 5.78 Å². The summed E-state index contributed by atoms with van der Waals surface area (Å²) in [5.41, 5.74) is 0.678. The number of hydrogen-bond acceptors (Lipinski definition) is 3. The highest BCUT2D eigenvalue weighted by Crippen LogP contribution is 2.13. The summed E-state index contributed by atoms with van der Waals surface area (Å²) < 4.78 is 10.5. The van der Waals surface area contributed by atoms with Gasteiger partial charge in [-0.05, 0) is 36.4 Å². The third-order valence-corrected chi connectivity index (χ3v) is 2.75. The molecule has 2 aromatic carbocycles. The van der Waals surface area contributed by atoms with E-state index in [0.29, 0.717) is 18.6 Å². The minimum atomic E-state index is 0.0681. The molecule has 0 bridgehead atoms. The molecule has 0 amide bonds. The third-order valence-electron chi connectivity index (χ3n) is 2.75. The van der Waals surface area contributed by atoms with Gasteiger partial charge in [-0.3, -0.25) is 4.79 Å². The van der Waals surface area contributed by atoms with Crippen molar-refractivity contribution in [3.63, 3.8) is 0 Å². The van der Waals surface area contributed by atoms with Crippen molar-refractivity contribution in [2.24, 2.45) is 0 Å². The van der Waals surface area contributed by atoms with Crippen LogP contribution >= 0.6 is 0 Å². The normalized spacial score (nSPS) is 9.95. The molecular formula is C16H16O3. The van der Waals surface area contributed by atoms with E-state index in [1.165, 1.54) is 0 Å². The number of carbonyl (C=O) groups excluding carboxylic acids is 1. The summed E-state index contributed by atoms with van der Waals surface area (Å²) in [6.07, 6.45) is 0.362. The Kier molecular flexibility index (Phi) is 4.56. The van der Waals surface area contributed by atoms with Gasteiger partial charge >= 0.3 is 0 Å². The minimum Gasteiger partial charge on any atom is -0.497 e. The van der Waals surface area contributed by atoms with E-state index in [1.807, 2.05) is 30.3 Å². The molecule has 0 radical (unpaired) electrons. The average molecular weight is 256 g/mol. The lowest BCUT2D eigenvalue weighted by atomic mass is 10.1. The number of ketones is 1. The molecule has 0 spiro atoms. The number of hydrogen-bond donors (Lipinski definition) is 0. The number of methoxy groups -OCH3 is 1. The molecule has 0 N–H and O–H groups in total. The Morgan fingerprint density at radius 1 is 0.947 bits per heavy atom. The van der Waals surface area contributed by atoms with Gasteiger partial charge < -0.3 is 9.47 Å². The molecule has 0 saturated heterocycles. The molecule has 0 fully saturated rings. The molecule has 0 aromatic heterocycles. The molecule has 19 heavy (non-hydrogen) atoms. The maximum atomic E-state index is 11.9. The first-order valence-electron chi connectivity index (χ1n) is 6.14. The van der Waals surface area contributed by atoms with Crippen molar-refractivity contribution in [1.29, 1.82) is 0 Å². The number of para-hydroxylation sites is 1. The van der Waals surface area contributed by atoms with Crippen molar-refractivity contribution in [3.8, 4) is 11.5 Å². The molecule has 0 heterocycles. The van der Waals surface area contributed by atoms with Gasteiger partial charge in [0.25, 0.3) is 0 Å². The lowest BCUT2D eigenvalue weighted by Crippen LogP contribution is -2.06. The number of ether oxygens (including phenoxy) is 2. The van der Waals surface area contributed by atoms with Crippen LogP contribution in [-0.4, -0.2) is 19.5 Å². The van der Waals surface area contributed by atoms with E-state index in [4.69, 9.17) is 9.47 Å². The first-order chi connectivity index (χ1) is 9.29. The zero-order valence-electron chi connectivity index (χ0n) is 10.8. The van der Waals surface area contributed by atoms with Gasteiger partial charge in [0.1, 0.15) is 11.5 Å². The van der Waals surface area contributed by atoms with E-state index in [0.717, 1.165) is 11.5 Å². The molecule has 98 valence electrons. The second-order valence-electron chi connectivity index (χ2n) is 4.06. The van der Waals surface area contributed by atoms with Crippen molar-refractivity contribution in [2.75, 3.05) is 13.7 Å². The SMILES string of the molecule is COc1ccc(C(=O)CCOc2ccccc2)cc1. The quantitative estimate of drug-likeness (QED) is 0.743. The fourth-order valence-electron chi connectivity index (χ4n) is 1.70. The Bertz CT molecular complexity index is 517. The third kappa shape index (κ3) is 3.85. The predicted octanol–water partition coefficient (Wildman–Crippen LogP) is 3.35. The Morgan fingerprint density at radius 2 is 1.63 bits per heavy atom. The smallest absolute Gasteiger partial charge is 0.166 e. The van der Waals surface area contributed by atoms with E-state index >= 15 is 0 Å². The summed E-state index contributed by atoms with van der Waals surface area (Å²) >= 11 is 0. The Morgan fingerprint density at radius 3 is 2.26 bits per heavy atom. The molecule has 2 rings (SSSR count). The molecular weight excluding hydrogens is 240 g/mol. The monoisotopic (exact) mass is 256 g/mol. The van der Waals surface area contributed by atoms with Crippen LogP contribution < -0.4 is 9.47 Å². The maximum Gasteiger partial charge on any atom is 0.166 e. The lowest BCUT2D eigenvalue weighted by molar-refractivity contribution is 0.0962. The van der Waals surface area contributed by atoms with Crippen LogP contribution in [-0.2, 0) is 0 Å². The van der Waals surface area contributed by atoms with Crippen molar-refractivity contribution < 1.29 is 14.3 Å². The van der Waals surface area contributed by atoms with Crippen molar-refractivity contribution in [1.82, 2.24) is 0 Å². The van der Waals surface area contributed by atoms with Gasteiger partial charge in [-0.1, -0.05) is 18.2 Å². The first kappa shape index (κ1) is 13.1. The second kappa shape index (κ2) is 6.59. The summed E-state index contributed by atoms with van der Waals surface area (Å²) in [4.78, 5) is 11.9. The number of carbonyl (C=O) groups is 1. The Labute approximate surface area is 112 Å². The van der Waals surface area contributed by atoms with Gasteiger partial charge in [0.05, 0.1) is 13.7 Å². The van der Waals surface area contributed by atoms with Crippen LogP contribution in [0.4, 0.5) is 0 Å². The fraction of sp³-hybridized carbons (Fsp3) is 0.188. The highest BCUT2D eigenvalue weighted by atomic mass is 16.5. The first-order valence-corrected chi connectivity index (χ1v) is 6.14. The average Bonchev–Trinajstić information content (AvgIpc) is 2.48. The number of benzene rings is 2. The zero-order chi connectivity index (χ0) is 13.5. The maximum absolute atomic E-state index is 11.9. The number of Topliss-reactive ketones (excluding diaryl/α,β-unsaturated/α-hetero) is 1. The minimum absolute atomic E-state index is 0.0681. The van der Waals surface area contributed by atoms with Gasteiger partial charge in [0.2, 0.25) is 0 Å². The molecule has 3 nitrogen and oxygen atoms in total. The Hall–Kier alpha value is -2.29. The van der Waals surface area contributed by atoms with E-state index in [1.54, 1.807) is 31.4 Å². The molecule has 2 aromatic rings. The lowest BCUT2D eigenvalue weighted by Gasteiger charge is -2.06. The van der Waals surface area contributed by atoms with Gasteiger partial charge in [-0.15, -0.1) is 0 Å². The molecule has 0 atom stereocenters. The molecule has 0 aliphatic carbocycles. The van der Waals surface area contributed by atoms with Gasteiger partial charge in [-0.2, -0.15) is 0 Å². The second-order valence-corrected chi connectivity index (χ2v) is 4.06. The zero-order valence-corrected chi connectivity index (χ0v) is 10.8. The highest BCUT2D eigenvalue weighted by molar-refractivity contribution is 5.96. The largest absolute Gasteiger partial charge is 0.497 e. The van der Waals surface area contributed by atoms with Gasteiger partial charge in [-0.25, -0.2) is 0 Å². The van der Waals surface area contributed by atoms with Crippen LogP contribution in [0.2, 0.25) is 0 Å². The van der Waals surface area contributed by atoms with Crippen LogP contribution in [0.25, 0.3) is 0 Å².